The molecule has 150 valence electrons. The molecule has 0 radical (unpaired) electrons. The Labute approximate surface area is 160 Å². The fraction of sp³-hybridized carbons (Fsp3) is 0.632. The minimum atomic E-state index is -3.77. The maximum atomic E-state index is 13.4. The molecule has 2 aliphatic heterocycles. The van der Waals surface area contributed by atoms with Crippen molar-refractivity contribution in [2.75, 3.05) is 20.8 Å². The van der Waals surface area contributed by atoms with E-state index < -0.39 is 15.4 Å². The van der Waals surface area contributed by atoms with Crippen molar-refractivity contribution >= 4 is 16.0 Å². The van der Waals surface area contributed by atoms with Crippen LogP contribution in [0.2, 0.25) is 0 Å². The average molecular weight is 397 g/mol. The number of rotatable bonds is 7. The Morgan fingerprint density at radius 1 is 1.19 bits per heavy atom. The monoisotopic (exact) mass is 397 g/mol. The lowest BCUT2D eigenvalue weighted by atomic mass is 9.72. The van der Waals surface area contributed by atoms with Crippen molar-refractivity contribution in [3.05, 3.63) is 18.2 Å². The van der Waals surface area contributed by atoms with E-state index in [1.54, 1.807) is 13.0 Å². The van der Waals surface area contributed by atoms with Crippen molar-refractivity contribution in [3.63, 3.8) is 0 Å². The molecular weight excluding hydrogens is 370 g/mol. The molecule has 2 aliphatic rings. The highest BCUT2D eigenvalue weighted by Gasteiger charge is 2.63. The molecule has 2 saturated heterocycles. The summed E-state index contributed by atoms with van der Waals surface area (Å²) in [6, 6.07) is 4.03. The van der Waals surface area contributed by atoms with Gasteiger partial charge in [0.25, 0.3) is 0 Å². The molecule has 27 heavy (non-hydrogen) atoms. The van der Waals surface area contributed by atoms with Crippen molar-refractivity contribution in [2.24, 2.45) is 5.41 Å². The quantitative estimate of drug-likeness (QED) is 0.658. The molecule has 7 nitrogen and oxygen atoms in total. The van der Waals surface area contributed by atoms with Gasteiger partial charge >= 0.3 is 5.97 Å². The maximum absolute atomic E-state index is 13.4. The van der Waals surface area contributed by atoms with Gasteiger partial charge in [-0.3, -0.25) is 4.79 Å². The van der Waals surface area contributed by atoms with Gasteiger partial charge in [0.1, 0.15) is 0 Å². The predicted molar refractivity (Wildman–Crippen MR) is 99.4 cm³/mol. The van der Waals surface area contributed by atoms with Gasteiger partial charge in [-0.2, -0.15) is 4.31 Å². The summed E-state index contributed by atoms with van der Waals surface area (Å²) in [6.45, 7) is 3.99. The molecular formula is C19H27NO6S. The van der Waals surface area contributed by atoms with Gasteiger partial charge in [0.15, 0.2) is 11.5 Å². The van der Waals surface area contributed by atoms with Gasteiger partial charge in [0, 0.05) is 18.2 Å². The summed E-state index contributed by atoms with van der Waals surface area (Å²) in [4.78, 5) is 12.8. The Balaban J connectivity index is 2.00. The summed E-state index contributed by atoms with van der Waals surface area (Å²) in [6.07, 6.45) is 2.51. The van der Waals surface area contributed by atoms with Crippen LogP contribution < -0.4 is 9.47 Å². The van der Waals surface area contributed by atoms with Crippen molar-refractivity contribution in [1.82, 2.24) is 4.31 Å². The molecule has 8 heteroatoms. The van der Waals surface area contributed by atoms with E-state index in [2.05, 4.69) is 0 Å². The van der Waals surface area contributed by atoms with Crippen LogP contribution in [0.1, 0.15) is 39.5 Å². The van der Waals surface area contributed by atoms with E-state index in [1.165, 1.54) is 30.7 Å². The summed E-state index contributed by atoms with van der Waals surface area (Å²) in [5.41, 5.74) is -0.761. The first kappa shape index (κ1) is 19.9. The summed E-state index contributed by atoms with van der Waals surface area (Å²) < 4.78 is 44.1. The molecule has 2 fully saturated rings. The minimum absolute atomic E-state index is 0.146. The van der Waals surface area contributed by atoms with Gasteiger partial charge in [-0.05, 0) is 44.7 Å². The molecule has 0 saturated carbocycles. The molecule has 0 aromatic heterocycles. The Morgan fingerprint density at radius 3 is 2.48 bits per heavy atom. The highest BCUT2D eigenvalue weighted by Crippen LogP contribution is 2.54. The minimum Gasteiger partial charge on any atom is -0.493 e. The average Bonchev–Trinajstić information content (AvgIpc) is 3.24. The normalized spacial score (nSPS) is 27.6. The maximum Gasteiger partial charge on any atom is 0.313 e. The van der Waals surface area contributed by atoms with Crippen molar-refractivity contribution < 1.29 is 27.4 Å². The third kappa shape index (κ3) is 2.99. The van der Waals surface area contributed by atoms with Crippen LogP contribution in [0.4, 0.5) is 0 Å². The number of ether oxygens (including phenoxy) is 3. The van der Waals surface area contributed by atoms with Crippen molar-refractivity contribution in [1.29, 1.82) is 0 Å². The van der Waals surface area contributed by atoms with Gasteiger partial charge in [0.05, 0.1) is 31.1 Å². The molecule has 1 aromatic rings. The second-order valence-electron chi connectivity index (χ2n) is 7.03. The second-order valence-corrected chi connectivity index (χ2v) is 8.88. The number of carbonyl (C=O) groups excluding carboxylic acids is 1. The van der Waals surface area contributed by atoms with Crippen LogP contribution in [0.25, 0.3) is 0 Å². The SMILES string of the molecule is CCOC(=O)[C@]1(CC)C[C@@H]2CC[C@H]1N2S(=O)(=O)c1ccc(OC)c(OC)c1. The summed E-state index contributed by atoms with van der Waals surface area (Å²) >= 11 is 0. The fourth-order valence-electron chi connectivity index (χ4n) is 4.61. The third-order valence-corrected chi connectivity index (χ3v) is 7.88. The van der Waals surface area contributed by atoms with Gasteiger partial charge < -0.3 is 14.2 Å². The van der Waals surface area contributed by atoms with Crippen molar-refractivity contribution in [2.45, 2.75) is 56.5 Å². The predicted octanol–water partition coefficient (Wildman–Crippen LogP) is 2.59. The van der Waals surface area contributed by atoms with Crippen molar-refractivity contribution in [3.8, 4) is 11.5 Å². The number of nitrogens with zero attached hydrogens (tertiary/aromatic N) is 1. The molecule has 0 aliphatic carbocycles. The molecule has 1 aromatic carbocycles. The topological polar surface area (TPSA) is 82.1 Å². The van der Waals surface area contributed by atoms with Crippen LogP contribution in [-0.2, 0) is 19.6 Å². The number of esters is 1. The van der Waals surface area contributed by atoms with Gasteiger partial charge in [-0.25, -0.2) is 8.42 Å². The summed E-state index contributed by atoms with van der Waals surface area (Å²) in [5, 5.41) is 0. The standard InChI is InChI=1S/C19H27NO6S/c1-5-19(18(21)26-6-2)12-13-7-10-17(19)20(13)27(22,23)14-8-9-15(24-3)16(11-14)25-4/h8-9,11,13,17H,5-7,10,12H2,1-4H3/t13-,17+,19+/m0/s1. The summed E-state index contributed by atoms with van der Waals surface area (Å²) in [5.74, 6) is 0.541. The Hall–Kier alpha value is -1.80. The van der Waals surface area contributed by atoms with E-state index in [4.69, 9.17) is 14.2 Å². The van der Waals surface area contributed by atoms with Crippen LogP contribution in [-0.4, -0.2) is 51.6 Å². The second kappa shape index (κ2) is 7.31. The van der Waals surface area contributed by atoms with Crippen LogP contribution in [0.3, 0.4) is 0 Å². The Bertz CT molecular complexity index is 823. The molecule has 0 amide bonds. The number of benzene rings is 1. The zero-order valence-corrected chi connectivity index (χ0v) is 17.0. The van der Waals surface area contributed by atoms with E-state index in [-0.39, 0.29) is 22.9 Å². The molecule has 0 unspecified atom stereocenters. The molecule has 2 bridgehead atoms. The first-order chi connectivity index (χ1) is 12.9. The zero-order valence-electron chi connectivity index (χ0n) is 16.2. The van der Waals surface area contributed by atoms with Crippen LogP contribution in [0.15, 0.2) is 23.1 Å². The highest BCUT2D eigenvalue weighted by atomic mass is 32.2. The van der Waals surface area contributed by atoms with E-state index in [0.717, 1.165) is 6.42 Å². The van der Waals surface area contributed by atoms with E-state index in [0.29, 0.717) is 37.4 Å². The zero-order chi connectivity index (χ0) is 19.8. The van der Waals surface area contributed by atoms with Crippen LogP contribution in [0.5, 0.6) is 11.5 Å². The van der Waals surface area contributed by atoms with Gasteiger partial charge in [-0.1, -0.05) is 6.92 Å². The third-order valence-electron chi connectivity index (χ3n) is 5.92. The number of sulfonamides is 1. The number of fused-ring (bicyclic) bond motifs is 2. The molecule has 2 heterocycles. The molecule has 3 atom stereocenters. The van der Waals surface area contributed by atoms with E-state index >= 15 is 0 Å². The molecule has 0 N–H and O–H groups in total. The van der Waals surface area contributed by atoms with E-state index in [9.17, 15) is 13.2 Å². The number of hydrogen-bond donors (Lipinski definition) is 0. The largest absolute Gasteiger partial charge is 0.493 e. The smallest absolute Gasteiger partial charge is 0.313 e. The van der Waals surface area contributed by atoms with Gasteiger partial charge in [0.2, 0.25) is 10.0 Å². The fourth-order valence-corrected chi connectivity index (χ4v) is 6.56. The Kier molecular flexibility index (Phi) is 5.40. The van der Waals surface area contributed by atoms with E-state index in [1.807, 2.05) is 6.92 Å². The highest BCUT2D eigenvalue weighted by molar-refractivity contribution is 7.89. The lowest BCUT2D eigenvalue weighted by Gasteiger charge is -2.34. The molecule has 3 rings (SSSR count). The lowest BCUT2D eigenvalue weighted by molar-refractivity contribution is -0.157. The first-order valence-corrected chi connectivity index (χ1v) is 10.7. The molecule has 0 spiro atoms. The summed E-state index contributed by atoms with van der Waals surface area (Å²) in [7, 11) is -0.801. The number of methoxy groups -OCH3 is 2. The van der Waals surface area contributed by atoms with Crippen LogP contribution in [0, 0.1) is 5.41 Å². The lowest BCUT2D eigenvalue weighted by Crippen LogP contribution is -2.45. The van der Waals surface area contributed by atoms with Gasteiger partial charge in [-0.15, -0.1) is 0 Å². The number of carbonyl (C=O) groups is 1. The number of hydrogen-bond acceptors (Lipinski definition) is 6. The Morgan fingerprint density at radius 2 is 1.89 bits per heavy atom. The van der Waals surface area contributed by atoms with Crippen LogP contribution >= 0.6 is 0 Å². The first-order valence-electron chi connectivity index (χ1n) is 9.28.